The van der Waals surface area contributed by atoms with E-state index in [0.717, 1.165) is 14.8 Å². The topological polar surface area (TPSA) is 56.9 Å². The van der Waals surface area contributed by atoms with E-state index in [2.05, 4.69) is 21.0 Å². The molecule has 0 unspecified atom stereocenters. The van der Waals surface area contributed by atoms with E-state index in [1.807, 2.05) is 0 Å². The van der Waals surface area contributed by atoms with Gasteiger partial charge < -0.3 is 0 Å². The number of nitrogens with zero attached hydrogens (tertiary/aromatic N) is 3. The van der Waals surface area contributed by atoms with Crippen molar-refractivity contribution < 1.29 is 13.2 Å². The van der Waals surface area contributed by atoms with E-state index in [4.69, 9.17) is 0 Å². The summed E-state index contributed by atoms with van der Waals surface area (Å²) in [6.45, 7) is -0.190. The number of rotatable bonds is 5. The highest BCUT2D eigenvalue weighted by atomic mass is 79.9. The van der Waals surface area contributed by atoms with Gasteiger partial charge in [0.1, 0.15) is 0 Å². The number of alkyl halides is 3. The predicted molar refractivity (Wildman–Crippen MR) is 81.3 cm³/mol. The van der Waals surface area contributed by atoms with Crippen LogP contribution in [0, 0.1) is 0 Å². The van der Waals surface area contributed by atoms with Crippen LogP contribution in [0.4, 0.5) is 13.2 Å². The molecule has 0 N–H and O–H groups in total. The van der Waals surface area contributed by atoms with Crippen LogP contribution < -0.4 is 11.2 Å². The zero-order valence-corrected chi connectivity index (χ0v) is 13.5. The summed E-state index contributed by atoms with van der Waals surface area (Å²) < 4.78 is 38.3. The molecule has 9 heteroatoms. The molecule has 0 saturated heterocycles. The quantitative estimate of drug-likeness (QED) is 0.786. The molecular formula is C14H13BrF3N3O2. The van der Waals surface area contributed by atoms with Crippen LogP contribution in [-0.4, -0.2) is 20.5 Å². The lowest BCUT2D eigenvalue weighted by Crippen LogP contribution is -2.42. The molecule has 1 aromatic carbocycles. The Morgan fingerprint density at radius 3 is 2.39 bits per heavy atom. The third-order valence-corrected chi connectivity index (χ3v) is 3.59. The highest BCUT2D eigenvalue weighted by Gasteiger charge is 2.26. The molecule has 0 radical (unpaired) electrons. The molecule has 0 aliphatic heterocycles. The summed E-state index contributed by atoms with van der Waals surface area (Å²) >= 11 is 2.95. The van der Waals surface area contributed by atoms with Gasteiger partial charge in [0.05, 0.1) is 6.54 Å². The first-order valence-electron chi connectivity index (χ1n) is 6.76. The van der Waals surface area contributed by atoms with Crippen molar-refractivity contribution in [2.75, 3.05) is 0 Å². The summed E-state index contributed by atoms with van der Waals surface area (Å²) in [5.41, 5.74) is -0.623. The van der Waals surface area contributed by atoms with E-state index in [1.54, 1.807) is 30.3 Å². The smallest absolute Gasteiger partial charge is 0.266 e. The lowest BCUT2D eigenvalue weighted by atomic mass is 10.2. The van der Waals surface area contributed by atoms with Crippen molar-refractivity contribution in [3.63, 3.8) is 0 Å². The Hall–Kier alpha value is -1.90. The molecule has 2 rings (SSSR count). The molecule has 124 valence electrons. The minimum Gasteiger partial charge on any atom is -0.266 e. The number of halogens is 4. The van der Waals surface area contributed by atoms with Gasteiger partial charge in [-0.3, -0.25) is 9.36 Å². The molecule has 0 aliphatic rings. The first-order valence-corrected chi connectivity index (χ1v) is 7.55. The Balaban J connectivity index is 2.28. The van der Waals surface area contributed by atoms with Crippen LogP contribution in [0.2, 0.25) is 0 Å². The SMILES string of the molecule is O=c1c(Br)nn(CCCC(F)(F)F)c(=O)n1Cc1ccccc1. The first-order chi connectivity index (χ1) is 10.8. The van der Waals surface area contributed by atoms with E-state index >= 15 is 0 Å². The number of aromatic nitrogens is 3. The van der Waals surface area contributed by atoms with Crippen molar-refractivity contribution in [3.8, 4) is 0 Å². The second-order valence-electron chi connectivity index (χ2n) is 4.89. The molecule has 0 spiro atoms. The van der Waals surface area contributed by atoms with Gasteiger partial charge in [0.15, 0.2) is 4.60 Å². The van der Waals surface area contributed by atoms with Crippen molar-refractivity contribution in [2.45, 2.75) is 32.1 Å². The predicted octanol–water partition coefficient (Wildman–Crippen LogP) is 2.56. The molecular weight excluding hydrogens is 379 g/mol. The number of hydrogen-bond acceptors (Lipinski definition) is 3. The van der Waals surface area contributed by atoms with E-state index in [0.29, 0.717) is 0 Å². The van der Waals surface area contributed by atoms with Gasteiger partial charge in [-0.1, -0.05) is 30.3 Å². The van der Waals surface area contributed by atoms with Gasteiger partial charge in [-0.15, -0.1) is 0 Å². The van der Waals surface area contributed by atoms with Gasteiger partial charge in [-0.2, -0.15) is 18.3 Å². The van der Waals surface area contributed by atoms with Gasteiger partial charge in [-0.25, -0.2) is 9.48 Å². The molecule has 0 amide bonds. The fourth-order valence-corrected chi connectivity index (χ4v) is 2.41. The first kappa shape index (κ1) is 17.5. The molecule has 0 saturated carbocycles. The van der Waals surface area contributed by atoms with Crippen molar-refractivity contribution >= 4 is 15.9 Å². The molecule has 2 aromatic rings. The summed E-state index contributed by atoms with van der Waals surface area (Å²) in [5, 5.41) is 3.71. The molecule has 5 nitrogen and oxygen atoms in total. The van der Waals surface area contributed by atoms with Gasteiger partial charge in [0, 0.05) is 13.0 Å². The molecule has 0 fully saturated rings. The molecule has 0 atom stereocenters. The third kappa shape index (κ3) is 4.78. The van der Waals surface area contributed by atoms with Gasteiger partial charge in [-0.05, 0) is 27.9 Å². The largest absolute Gasteiger partial charge is 0.389 e. The maximum Gasteiger partial charge on any atom is 0.389 e. The Kier molecular flexibility index (Phi) is 5.40. The van der Waals surface area contributed by atoms with Crippen LogP contribution >= 0.6 is 15.9 Å². The summed E-state index contributed by atoms with van der Waals surface area (Å²) in [7, 11) is 0. The second kappa shape index (κ2) is 7.12. The minimum absolute atomic E-state index is 0.0267. The zero-order chi connectivity index (χ0) is 17.0. The summed E-state index contributed by atoms with van der Waals surface area (Å²) in [6, 6.07) is 8.81. The summed E-state index contributed by atoms with van der Waals surface area (Å²) in [4.78, 5) is 24.3. The average Bonchev–Trinajstić information content (AvgIpc) is 2.48. The highest BCUT2D eigenvalue weighted by Crippen LogP contribution is 2.21. The monoisotopic (exact) mass is 391 g/mol. The summed E-state index contributed by atoms with van der Waals surface area (Å²) in [6.07, 6.45) is -5.59. The Morgan fingerprint density at radius 2 is 1.78 bits per heavy atom. The fourth-order valence-electron chi connectivity index (χ4n) is 2.01. The van der Waals surface area contributed by atoms with Crippen molar-refractivity contribution in [1.82, 2.24) is 14.3 Å². The Labute approximate surface area is 137 Å². The van der Waals surface area contributed by atoms with Crippen LogP contribution in [-0.2, 0) is 13.1 Å². The Bertz CT molecular complexity index is 785. The van der Waals surface area contributed by atoms with Gasteiger partial charge >= 0.3 is 11.9 Å². The van der Waals surface area contributed by atoms with Crippen LogP contribution in [0.1, 0.15) is 18.4 Å². The molecule has 23 heavy (non-hydrogen) atoms. The van der Waals surface area contributed by atoms with Gasteiger partial charge in [0.25, 0.3) is 5.56 Å². The number of benzene rings is 1. The normalized spacial score (nSPS) is 11.7. The molecule has 1 aromatic heterocycles. The fraction of sp³-hybridized carbons (Fsp3) is 0.357. The third-order valence-electron chi connectivity index (χ3n) is 3.10. The summed E-state index contributed by atoms with van der Waals surface area (Å²) in [5.74, 6) is 0. The van der Waals surface area contributed by atoms with Crippen LogP contribution in [0.25, 0.3) is 0 Å². The van der Waals surface area contributed by atoms with Crippen molar-refractivity contribution in [3.05, 3.63) is 61.3 Å². The molecule has 1 heterocycles. The Morgan fingerprint density at radius 1 is 1.13 bits per heavy atom. The van der Waals surface area contributed by atoms with Crippen LogP contribution in [0.15, 0.2) is 44.5 Å². The van der Waals surface area contributed by atoms with Gasteiger partial charge in [0.2, 0.25) is 0 Å². The van der Waals surface area contributed by atoms with Crippen LogP contribution in [0.3, 0.4) is 0 Å². The maximum atomic E-state index is 12.3. The maximum absolute atomic E-state index is 12.3. The highest BCUT2D eigenvalue weighted by molar-refractivity contribution is 9.10. The van der Waals surface area contributed by atoms with E-state index in [9.17, 15) is 22.8 Å². The van der Waals surface area contributed by atoms with E-state index in [1.165, 1.54) is 0 Å². The zero-order valence-electron chi connectivity index (χ0n) is 11.9. The molecule has 0 bridgehead atoms. The van der Waals surface area contributed by atoms with E-state index in [-0.39, 0.29) is 24.1 Å². The second-order valence-corrected chi connectivity index (χ2v) is 5.64. The van der Waals surface area contributed by atoms with Crippen molar-refractivity contribution in [1.29, 1.82) is 0 Å². The molecule has 0 aliphatic carbocycles. The number of hydrogen-bond donors (Lipinski definition) is 0. The standard InChI is InChI=1S/C14H13BrF3N3O2/c15-11-12(22)20(9-10-5-2-1-3-6-10)13(23)21(19-11)8-4-7-14(16,17)18/h1-3,5-6H,4,7-9H2. The number of aryl methyl sites for hydroxylation is 1. The minimum atomic E-state index is -4.29. The lowest BCUT2D eigenvalue weighted by Gasteiger charge is -2.11. The van der Waals surface area contributed by atoms with Crippen molar-refractivity contribution in [2.24, 2.45) is 0 Å². The van der Waals surface area contributed by atoms with E-state index < -0.39 is 23.8 Å². The lowest BCUT2D eigenvalue weighted by molar-refractivity contribution is -0.136. The van der Waals surface area contributed by atoms with Crippen LogP contribution in [0.5, 0.6) is 0 Å². The average molecular weight is 392 g/mol.